The smallest absolute Gasteiger partial charge is 0.0946 e. The molecule has 0 aliphatic heterocycles. The van der Waals surface area contributed by atoms with Gasteiger partial charge in [0.15, 0.2) is 0 Å². The van der Waals surface area contributed by atoms with Gasteiger partial charge in [0.05, 0.1) is 28.1 Å². The number of aliphatic hydroxyl groups excluding tert-OH is 1. The SMILES string of the molecule is CCOC1(C(O)Cc2c(Cl)c(C)nn2C)CCCC(C)C1. The van der Waals surface area contributed by atoms with Crippen LogP contribution in [0, 0.1) is 12.8 Å². The van der Waals surface area contributed by atoms with Gasteiger partial charge in [-0.1, -0.05) is 31.4 Å². The zero-order valence-corrected chi connectivity index (χ0v) is 14.3. The van der Waals surface area contributed by atoms with Crippen LogP contribution in [-0.2, 0) is 18.2 Å². The van der Waals surface area contributed by atoms with Crippen LogP contribution in [0.3, 0.4) is 0 Å². The number of rotatable bonds is 5. The third-order valence-corrected chi connectivity index (χ3v) is 5.17. The Kier molecular flexibility index (Phi) is 5.33. The molecule has 1 aliphatic rings. The van der Waals surface area contributed by atoms with Crippen molar-refractivity contribution >= 4 is 11.6 Å². The van der Waals surface area contributed by atoms with E-state index in [1.165, 1.54) is 6.42 Å². The molecule has 0 saturated heterocycles. The second kappa shape index (κ2) is 6.67. The van der Waals surface area contributed by atoms with Crippen molar-refractivity contribution in [1.82, 2.24) is 9.78 Å². The molecule has 1 saturated carbocycles. The Balaban J connectivity index is 2.20. The lowest BCUT2D eigenvalue weighted by Crippen LogP contribution is -2.49. The van der Waals surface area contributed by atoms with Crippen molar-refractivity contribution in [2.45, 2.75) is 64.6 Å². The number of aromatic nitrogens is 2. The predicted molar refractivity (Wildman–Crippen MR) is 84.7 cm³/mol. The highest BCUT2D eigenvalue weighted by molar-refractivity contribution is 6.31. The summed E-state index contributed by atoms with van der Waals surface area (Å²) in [6, 6.07) is 0. The minimum atomic E-state index is -0.549. The van der Waals surface area contributed by atoms with Gasteiger partial charge in [-0.25, -0.2) is 0 Å². The predicted octanol–water partition coefficient (Wildman–Crippen LogP) is 3.27. The Morgan fingerprint density at radius 1 is 1.57 bits per heavy atom. The Hall–Kier alpha value is -0.580. The summed E-state index contributed by atoms with van der Waals surface area (Å²) in [5.74, 6) is 0.587. The maximum absolute atomic E-state index is 10.9. The zero-order valence-electron chi connectivity index (χ0n) is 13.5. The number of ether oxygens (including phenoxy) is 1. The first-order valence-corrected chi connectivity index (χ1v) is 8.27. The van der Waals surface area contributed by atoms with Crippen LogP contribution in [0.2, 0.25) is 5.02 Å². The van der Waals surface area contributed by atoms with Gasteiger partial charge in [0.25, 0.3) is 0 Å². The van der Waals surface area contributed by atoms with Gasteiger partial charge >= 0.3 is 0 Å². The fraction of sp³-hybridized carbons (Fsp3) is 0.812. The van der Waals surface area contributed by atoms with E-state index in [-0.39, 0.29) is 0 Å². The summed E-state index contributed by atoms with van der Waals surface area (Å²) in [7, 11) is 1.87. The highest BCUT2D eigenvalue weighted by Gasteiger charge is 2.42. The first kappa shape index (κ1) is 16.8. The lowest BCUT2D eigenvalue weighted by Gasteiger charge is -2.43. The normalized spacial score (nSPS) is 27.8. The molecule has 1 fully saturated rings. The van der Waals surface area contributed by atoms with Crippen molar-refractivity contribution in [1.29, 1.82) is 0 Å². The lowest BCUT2D eigenvalue weighted by molar-refractivity contribution is -0.147. The van der Waals surface area contributed by atoms with E-state index in [0.29, 0.717) is 24.0 Å². The van der Waals surface area contributed by atoms with E-state index in [1.54, 1.807) is 4.68 Å². The third-order valence-electron chi connectivity index (χ3n) is 4.68. The summed E-state index contributed by atoms with van der Waals surface area (Å²) >= 11 is 6.31. The molecule has 5 heteroatoms. The molecule has 120 valence electrons. The van der Waals surface area contributed by atoms with Crippen molar-refractivity contribution in [3.63, 3.8) is 0 Å². The molecule has 0 bridgehead atoms. The van der Waals surface area contributed by atoms with Crippen LogP contribution in [-0.4, -0.2) is 33.2 Å². The fourth-order valence-corrected chi connectivity index (χ4v) is 3.87. The van der Waals surface area contributed by atoms with Gasteiger partial charge in [-0.2, -0.15) is 5.10 Å². The molecular formula is C16H27ClN2O2. The largest absolute Gasteiger partial charge is 0.390 e. The quantitative estimate of drug-likeness (QED) is 0.907. The van der Waals surface area contributed by atoms with Crippen molar-refractivity contribution < 1.29 is 9.84 Å². The molecule has 3 unspecified atom stereocenters. The fourth-order valence-electron chi connectivity index (χ4n) is 3.63. The van der Waals surface area contributed by atoms with Crippen LogP contribution in [0.5, 0.6) is 0 Å². The summed E-state index contributed by atoms with van der Waals surface area (Å²) in [6.45, 7) is 6.75. The van der Waals surface area contributed by atoms with Crippen molar-refractivity contribution in [2.24, 2.45) is 13.0 Å². The number of hydrogen-bond donors (Lipinski definition) is 1. The maximum atomic E-state index is 10.9. The van der Waals surface area contributed by atoms with E-state index in [1.807, 2.05) is 20.9 Å². The Bertz CT molecular complexity index is 485. The molecule has 1 aromatic rings. The summed E-state index contributed by atoms with van der Waals surface area (Å²) in [6.07, 6.45) is 4.09. The second-order valence-corrected chi connectivity index (χ2v) is 6.77. The number of aryl methyl sites for hydroxylation is 2. The Labute approximate surface area is 132 Å². The molecule has 1 N–H and O–H groups in total. The molecule has 2 rings (SSSR count). The highest BCUT2D eigenvalue weighted by atomic mass is 35.5. The van der Waals surface area contributed by atoms with Gasteiger partial charge in [0, 0.05) is 20.1 Å². The van der Waals surface area contributed by atoms with Crippen LogP contribution in [0.25, 0.3) is 0 Å². The Morgan fingerprint density at radius 2 is 2.29 bits per heavy atom. The summed E-state index contributed by atoms with van der Waals surface area (Å²) in [4.78, 5) is 0. The van der Waals surface area contributed by atoms with Crippen LogP contribution < -0.4 is 0 Å². The van der Waals surface area contributed by atoms with Gasteiger partial charge in [0.2, 0.25) is 0 Å². The summed E-state index contributed by atoms with van der Waals surface area (Å²) < 4.78 is 7.81. The van der Waals surface area contributed by atoms with Gasteiger partial charge in [-0.05, 0) is 32.6 Å². The standard InChI is InChI=1S/C16H27ClN2O2/c1-5-21-16(8-6-7-11(2)10-16)14(20)9-13-15(17)12(3)18-19(13)4/h11,14,20H,5-10H2,1-4H3. The molecule has 3 atom stereocenters. The molecule has 0 radical (unpaired) electrons. The molecular weight excluding hydrogens is 288 g/mol. The molecule has 0 amide bonds. The van der Waals surface area contributed by atoms with E-state index in [0.717, 1.165) is 30.7 Å². The molecule has 1 heterocycles. The first-order valence-electron chi connectivity index (χ1n) is 7.89. The molecule has 0 spiro atoms. The van der Waals surface area contributed by atoms with Crippen LogP contribution in [0.4, 0.5) is 0 Å². The molecule has 4 nitrogen and oxygen atoms in total. The molecule has 0 aromatic carbocycles. The van der Waals surface area contributed by atoms with Gasteiger partial charge in [0.1, 0.15) is 0 Å². The Morgan fingerprint density at radius 3 is 2.81 bits per heavy atom. The summed E-state index contributed by atoms with van der Waals surface area (Å²) in [5, 5.41) is 15.8. The number of hydrogen-bond acceptors (Lipinski definition) is 3. The highest BCUT2D eigenvalue weighted by Crippen LogP contribution is 2.39. The van der Waals surface area contributed by atoms with Crippen LogP contribution >= 0.6 is 11.6 Å². The van der Waals surface area contributed by atoms with Crippen LogP contribution in [0.15, 0.2) is 0 Å². The number of halogens is 1. The minimum Gasteiger partial charge on any atom is -0.390 e. The second-order valence-electron chi connectivity index (χ2n) is 6.39. The van der Waals surface area contributed by atoms with Gasteiger partial charge in [-0.15, -0.1) is 0 Å². The van der Waals surface area contributed by atoms with Crippen molar-refractivity contribution in [2.75, 3.05) is 6.61 Å². The topological polar surface area (TPSA) is 47.3 Å². The van der Waals surface area contributed by atoms with Crippen molar-refractivity contribution in [3.8, 4) is 0 Å². The average Bonchev–Trinajstić information content (AvgIpc) is 2.65. The third kappa shape index (κ3) is 3.43. The molecule has 1 aliphatic carbocycles. The lowest BCUT2D eigenvalue weighted by atomic mass is 9.74. The van der Waals surface area contributed by atoms with E-state index < -0.39 is 11.7 Å². The number of aliphatic hydroxyl groups is 1. The minimum absolute atomic E-state index is 0.437. The van der Waals surface area contributed by atoms with E-state index in [4.69, 9.17) is 16.3 Å². The first-order chi connectivity index (χ1) is 9.89. The zero-order chi connectivity index (χ0) is 15.6. The molecule has 1 aromatic heterocycles. The molecule has 21 heavy (non-hydrogen) atoms. The average molecular weight is 315 g/mol. The van der Waals surface area contributed by atoms with Crippen LogP contribution in [0.1, 0.15) is 50.9 Å². The van der Waals surface area contributed by atoms with E-state index in [9.17, 15) is 5.11 Å². The summed E-state index contributed by atoms with van der Waals surface area (Å²) in [5.41, 5.74) is 1.26. The van der Waals surface area contributed by atoms with E-state index in [2.05, 4.69) is 12.0 Å². The van der Waals surface area contributed by atoms with Gasteiger partial charge in [-0.3, -0.25) is 4.68 Å². The van der Waals surface area contributed by atoms with E-state index >= 15 is 0 Å². The monoisotopic (exact) mass is 314 g/mol. The van der Waals surface area contributed by atoms with Gasteiger partial charge < -0.3 is 9.84 Å². The van der Waals surface area contributed by atoms with Crippen molar-refractivity contribution in [3.05, 3.63) is 16.4 Å². The number of nitrogens with zero attached hydrogens (tertiary/aromatic N) is 2. The maximum Gasteiger partial charge on any atom is 0.0946 e.